The molecule has 1 aromatic rings. The minimum absolute atomic E-state index is 0.211. The van der Waals surface area contributed by atoms with E-state index in [1.54, 1.807) is 6.20 Å². The third-order valence-electron chi connectivity index (χ3n) is 2.92. The molecule has 2 unspecified atom stereocenters. The molecule has 3 nitrogen and oxygen atoms in total. The van der Waals surface area contributed by atoms with Crippen molar-refractivity contribution in [2.24, 2.45) is 11.7 Å². The molecule has 0 aromatic carbocycles. The zero-order valence-electron chi connectivity index (χ0n) is 9.23. The van der Waals surface area contributed by atoms with Gasteiger partial charge in [-0.15, -0.1) is 0 Å². The first-order valence-electron chi connectivity index (χ1n) is 5.67. The molecule has 0 bridgehead atoms. The van der Waals surface area contributed by atoms with Crippen molar-refractivity contribution in [3.8, 4) is 0 Å². The predicted octanol–water partition coefficient (Wildman–Crippen LogP) is 2.14. The maximum atomic E-state index is 6.14. The van der Waals surface area contributed by atoms with Crippen LogP contribution in [0.1, 0.15) is 18.4 Å². The molecule has 1 fully saturated rings. The van der Waals surface area contributed by atoms with Crippen LogP contribution in [0.4, 0.5) is 0 Å². The minimum Gasteiger partial charge on any atom is -0.381 e. The number of rotatable bonds is 4. The summed E-state index contributed by atoms with van der Waals surface area (Å²) in [5.41, 5.74) is 7.33. The third-order valence-corrected chi connectivity index (χ3v) is 3.35. The third kappa shape index (κ3) is 3.54. The molecule has 1 saturated heterocycles. The Morgan fingerprint density at radius 3 is 3.12 bits per heavy atom. The van der Waals surface area contributed by atoms with Gasteiger partial charge in [-0.05, 0) is 52.7 Å². The van der Waals surface area contributed by atoms with E-state index in [-0.39, 0.29) is 6.04 Å². The first-order valence-corrected chi connectivity index (χ1v) is 6.46. The Bertz CT molecular complexity index is 340. The molecule has 2 atom stereocenters. The molecule has 0 aliphatic carbocycles. The van der Waals surface area contributed by atoms with Gasteiger partial charge in [0.1, 0.15) is 0 Å². The summed E-state index contributed by atoms with van der Waals surface area (Å²) in [5, 5.41) is 0. The Balaban J connectivity index is 1.84. The van der Waals surface area contributed by atoms with Gasteiger partial charge in [0.15, 0.2) is 0 Å². The van der Waals surface area contributed by atoms with E-state index in [9.17, 15) is 0 Å². The van der Waals surface area contributed by atoms with Gasteiger partial charge in [0.05, 0.1) is 0 Å². The molecule has 2 rings (SSSR count). The van der Waals surface area contributed by atoms with Crippen LogP contribution >= 0.6 is 15.9 Å². The lowest BCUT2D eigenvalue weighted by molar-refractivity contribution is 0.182. The Hall–Kier alpha value is -0.450. The SMILES string of the molecule is NC(Cc1cncc(Br)c1)CC1CCOC1. The standard InChI is InChI=1S/C12H17BrN2O/c13-11-3-10(6-15-7-11)5-12(14)4-9-1-2-16-8-9/h3,6-7,9,12H,1-2,4-5,8,14H2. The Morgan fingerprint density at radius 1 is 1.56 bits per heavy atom. The van der Waals surface area contributed by atoms with Crippen molar-refractivity contribution in [1.82, 2.24) is 4.98 Å². The summed E-state index contributed by atoms with van der Waals surface area (Å²) in [6.07, 6.45) is 6.77. The van der Waals surface area contributed by atoms with Crippen molar-refractivity contribution in [3.63, 3.8) is 0 Å². The number of nitrogens with zero attached hydrogens (tertiary/aromatic N) is 1. The largest absolute Gasteiger partial charge is 0.381 e. The zero-order valence-corrected chi connectivity index (χ0v) is 10.8. The lowest BCUT2D eigenvalue weighted by Crippen LogP contribution is -2.26. The Labute approximate surface area is 105 Å². The second-order valence-electron chi connectivity index (χ2n) is 4.44. The second-order valence-corrected chi connectivity index (χ2v) is 5.36. The van der Waals surface area contributed by atoms with Crippen molar-refractivity contribution in [1.29, 1.82) is 0 Å². The second kappa shape index (κ2) is 5.75. The quantitative estimate of drug-likeness (QED) is 0.922. The van der Waals surface area contributed by atoms with E-state index in [1.165, 1.54) is 5.56 Å². The number of hydrogen-bond acceptors (Lipinski definition) is 3. The maximum absolute atomic E-state index is 6.14. The molecule has 2 heterocycles. The van der Waals surface area contributed by atoms with E-state index >= 15 is 0 Å². The fraction of sp³-hybridized carbons (Fsp3) is 0.583. The molecule has 1 aromatic heterocycles. The molecule has 2 N–H and O–H groups in total. The first kappa shape index (κ1) is 12.0. The molecular formula is C12H17BrN2O. The van der Waals surface area contributed by atoms with Crippen LogP contribution in [0.3, 0.4) is 0 Å². The molecule has 1 aliphatic heterocycles. The monoisotopic (exact) mass is 284 g/mol. The topological polar surface area (TPSA) is 48.1 Å². The summed E-state index contributed by atoms with van der Waals surface area (Å²) in [6, 6.07) is 2.29. The van der Waals surface area contributed by atoms with Gasteiger partial charge in [0.2, 0.25) is 0 Å². The number of hydrogen-bond donors (Lipinski definition) is 1. The molecule has 0 saturated carbocycles. The predicted molar refractivity (Wildman–Crippen MR) is 67.2 cm³/mol. The highest BCUT2D eigenvalue weighted by Crippen LogP contribution is 2.19. The van der Waals surface area contributed by atoms with Gasteiger partial charge >= 0.3 is 0 Å². The molecule has 1 aliphatic rings. The molecule has 4 heteroatoms. The molecule has 0 spiro atoms. The van der Waals surface area contributed by atoms with Gasteiger partial charge in [-0.1, -0.05) is 0 Å². The molecule has 88 valence electrons. The summed E-state index contributed by atoms with van der Waals surface area (Å²) in [5.74, 6) is 0.648. The van der Waals surface area contributed by atoms with Crippen molar-refractivity contribution < 1.29 is 4.74 Å². The molecular weight excluding hydrogens is 268 g/mol. The van der Waals surface area contributed by atoms with Crippen LogP contribution in [-0.4, -0.2) is 24.2 Å². The van der Waals surface area contributed by atoms with Crippen LogP contribution in [-0.2, 0) is 11.2 Å². The first-order chi connectivity index (χ1) is 7.74. The number of halogens is 1. The van der Waals surface area contributed by atoms with Crippen molar-refractivity contribution in [3.05, 3.63) is 28.5 Å². The van der Waals surface area contributed by atoms with E-state index in [2.05, 4.69) is 27.0 Å². The van der Waals surface area contributed by atoms with E-state index in [1.807, 2.05) is 6.20 Å². The molecule has 0 amide bonds. The van der Waals surface area contributed by atoms with Crippen molar-refractivity contribution in [2.45, 2.75) is 25.3 Å². The number of nitrogens with two attached hydrogens (primary N) is 1. The lowest BCUT2D eigenvalue weighted by Gasteiger charge is -2.15. The Morgan fingerprint density at radius 2 is 2.44 bits per heavy atom. The van der Waals surface area contributed by atoms with E-state index < -0.39 is 0 Å². The van der Waals surface area contributed by atoms with Crippen LogP contribution in [0.5, 0.6) is 0 Å². The Kier molecular flexibility index (Phi) is 4.32. The smallest absolute Gasteiger partial charge is 0.0495 e. The van der Waals surface area contributed by atoms with E-state index in [4.69, 9.17) is 10.5 Å². The number of aromatic nitrogens is 1. The average molecular weight is 285 g/mol. The zero-order chi connectivity index (χ0) is 11.4. The normalized spacial score (nSPS) is 22.2. The highest BCUT2D eigenvalue weighted by atomic mass is 79.9. The average Bonchev–Trinajstić information content (AvgIpc) is 2.70. The lowest BCUT2D eigenvalue weighted by atomic mass is 9.96. The summed E-state index contributed by atoms with van der Waals surface area (Å²) in [4.78, 5) is 4.14. The van der Waals surface area contributed by atoms with Gasteiger partial charge in [-0.2, -0.15) is 0 Å². The van der Waals surface area contributed by atoms with Gasteiger partial charge in [-0.3, -0.25) is 4.98 Å². The van der Waals surface area contributed by atoms with E-state index in [0.717, 1.165) is 36.9 Å². The minimum atomic E-state index is 0.211. The van der Waals surface area contributed by atoms with Crippen LogP contribution in [0.2, 0.25) is 0 Å². The fourth-order valence-electron chi connectivity index (χ4n) is 2.15. The van der Waals surface area contributed by atoms with Gasteiger partial charge in [0.25, 0.3) is 0 Å². The van der Waals surface area contributed by atoms with Crippen LogP contribution in [0, 0.1) is 5.92 Å². The van der Waals surface area contributed by atoms with Crippen molar-refractivity contribution in [2.75, 3.05) is 13.2 Å². The highest BCUT2D eigenvalue weighted by Gasteiger charge is 2.18. The summed E-state index contributed by atoms with van der Waals surface area (Å²) >= 11 is 3.42. The summed E-state index contributed by atoms with van der Waals surface area (Å²) in [6.45, 7) is 1.78. The summed E-state index contributed by atoms with van der Waals surface area (Å²) in [7, 11) is 0. The van der Waals surface area contributed by atoms with Gasteiger partial charge in [-0.25, -0.2) is 0 Å². The molecule has 0 radical (unpaired) electrons. The van der Waals surface area contributed by atoms with Crippen LogP contribution in [0.15, 0.2) is 22.9 Å². The molecule has 16 heavy (non-hydrogen) atoms. The number of pyridine rings is 1. The highest BCUT2D eigenvalue weighted by molar-refractivity contribution is 9.10. The van der Waals surface area contributed by atoms with Crippen LogP contribution < -0.4 is 5.73 Å². The van der Waals surface area contributed by atoms with Crippen molar-refractivity contribution >= 4 is 15.9 Å². The fourth-order valence-corrected chi connectivity index (χ4v) is 2.56. The maximum Gasteiger partial charge on any atom is 0.0495 e. The summed E-state index contributed by atoms with van der Waals surface area (Å²) < 4.78 is 6.37. The van der Waals surface area contributed by atoms with E-state index in [0.29, 0.717) is 5.92 Å². The number of ether oxygens (including phenoxy) is 1. The van der Waals surface area contributed by atoms with Crippen LogP contribution in [0.25, 0.3) is 0 Å². The van der Waals surface area contributed by atoms with Gasteiger partial charge < -0.3 is 10.5 Å². The van der Waals surface area contributed by atoms with Gasteiger partial charge in [0, 0.05) is 36.1 Å².